The van der Waals surface area contributed by atoms with Crippen molar-refractivity contribution in [2.24, 2.45) is 0 Å². The molecule has 0 aliphatic rings. The summed E-state index contributed by atoms with van der Waals surface area (Å²) in [6, 6.07) is 16.4. The van der Waals surface area contributed by atoms with Gasteiger partial charge in [-0.2, -0.15) is 0 Å². The van der Waals surface area contributed by atoms with Crippen LogP contribution in [-0.2, 0) is 0 Å². The van der Waals surface area contributed by atoms with Gasteiger partial charge in [0, 0.05) is 10.8 Å². The maximum Gasteiger partial charge on any atom is 0.222 e. The van der Waals surface area contributed by atoms with Crippen LogP contribution in [0.3, 0.4) is 0 Å². The molecule has 0 aliphatic carbocycles. The van der Waals surface area contributed by atoms with Gasteiger partial charge in [0.2, 0.25) is 5.88 Å². The molecule has 0 saturated heterocycles. The summed E-state index contributed by atoms with van der Waals surface area (Å²) >= 11 is 2.19. The maximum absolute atomic E-state index is 5.60. The van der Waals surface area contributed by atoms with E-state index in [1.165, 1.54) is 10.8 Å². The number of nitrogens with zero attached hydrogens (tertiary/aromatic N) is 1. The van der Waals surface area contributed by atoms with Gasteiger partial charge in [-0.1, -0.05) is 36.4 Å². The molecule has 0 atom stereocenters. The Bertz CT molecular complexity index is 681. The van der Waals surface area contributed by atoms with Crippen molar-refractivity contribution in [1.29, 1.82) is 0 Å². The molecule has 84 valence electrons. The van der Waals surface area contributed by atoms with Crippen molar-refractivity contribution >= 4 is 44.3 Å². The number of ether oxygens (including phenoxy) is 1. The molecule has 0 spiro atoms. The van der Waals surface area contributed by atoms with E-state index in [-0.39, 0.29) is 0 Å². The lowest BCUT2D eigenvalue weighted by molar-refractivity contribution is 0.395. The average molecular weight is 335 g/mol. The Morgan fingerprint density at radius 1 is 0.882 bits per heavy atom. The van der Waals surface area contributed by atoms with E-state index >= 15 is 0 Å². The number of rotatable bonds is 2. The minimum atomic E-state index is 0.604. The summed E-state index contributed by atoms with van der Waals surface area (Å²) in [7, 11) is 0. The zero-order chi connectivity index (χ0) is 11.7. The molecule has 3 rings (SSSR count). The van der Waals surface area contributed by atoms with Crippen LogP contribution in [0.4, 0.5) is 0 Å². The van der Waals surface area contributed by atoms with Crippen molar-refractivity contribution in [1.82, 2.24) is 4.98 Å². The van der Waals surface area contributed by atoms with Crippen molar-refractivity contribution in [3.8, 4) is 5.88 Å². The first-order valence-electron chi connectivity index (χ1n) is 5.36. The number of alkyl halides is 1. The number of para-hydroxylation sites is 1. The smallest absolute Gasteiger partial charge is 0.222 e. The molecule has 0 bridgehead atoms. The summed E-state index contributed by atoms with van der Waals surface area (Å²) in [5.41, 5.74) is 0.978. The number of aromatic nitrogens is 1. The fourth-order valence-corrected chi connectivity index (χ4v) is 2.33. The second-order valence-electron chi connectivity index (χ2n) is 3.73. The topological polar surface area (TPSA) is 22.1 Å². The summed E-state index contributed by atoms with van der Waals surface area (Å²) in [6.45, 7) is 0. The minimum absolute atomic E-state index is 0.604. The minimum Gasteiger partial charge on any atom is -0.467 e. The lowest BCUT2D eigenvalue weighted by Gasteiger charge is -2.08. The van der Waals surface area contributed by atoms with Gasteiger partial charge >= 0.3 is 0 Å². The Hall–Kier alpha value is -1.36. The summed E-state index contributed by atoms with van der Waals surface area (Å²) in [4.78, 5) is 4.57. The third-order valence-electron chi connectivity index (χ3n) is 2.76. The first-order chi connectivity index (χ1) is 8.40. The number of hydrogen-bond donors (Lipinski definition) is 0. The molecule has 0 fully saturated rings. The largest absolute Gasteiger partial charge is 0.467 e. The molecule has 1 heterocycles. The van der Waals surface area contributed by atoms with Crippen molar-refractivity contribution in [2.45, 2.75) is 0 Å². The third-order valence-corrected chi connectivity index (χ3v) is 3.08. The summed E-state index contributed by atoms with van der Waals surface area (Å²) in [5.74, 6) is 0.716. The van der Waals surface area contributed by atoms with Crippen LogP contribution in [0.5, 0.6) is 5.88 Å². The molecular weight excluding hydrogens is 325 g/mol. The second-order valence-corrected chi connectivity index (χ2v) is 4.36. The number of benzene rings is 2. The zero-order valence-electron chi connectivity index (χ0n) is 9.06. The molecule has 0 saturated carbocycles. The predicted octanol–water partition coefficient (Wildman–Crippen LogP) is 4.16. The SMILES string of the molecule is ICOc1nc2ccccc2c2ccccc12. The van der Waals surface area contributed by atoms with Gasteiger partial charge in [0.05, 0.1) is 5.52 Å². The van der Waals surface area contributed by atoms with E-state index in [1.807, 2.05) is 30.3 Å². The molecule has 0 amide bonds. The quantitative estimate of drug-likeness (QED) is 0.399. The first kappa shape index (κ1) is 10.8. The van der Waals surface area contributed by atoms with Crippen LogP contribution in [0.1, 0.15) is 0 Å². The molecule has 1 aromatic heterocycles. The normalized spacial score (nSPS) is 10.9. The number of halogens is 1. The standard InChI is InChI=1S/C14H10INO/c15-9-17-14-12-7-2-1-5-10(12)11-6-3-4-8-13(11)16-14/h1-8H,9H2. The van der Waals surface area contributed by atoms with Crippen LogP contribution in [-0.4, -0.2) is 9.60 Å². The Balaban J connectivity index is 2.45. The van der Waals surface area contributed by atoms with Crippen LogP contribution < -0.4 is 4.74 Å². The number of hydrogen-bond acceptors (Lipinski definition) is 2. The van der Waals surface area contributed by atoms with E-state index in [9.17, 15) is 0 Å². The van der Waals surface area contributed by atoms with Gasteiger partial charge in [-0.25, -0.2) is 4.98 Å². The molecule has 0 aliphatic heterocycles. The Morgan fingerprint density at radius 2 is 1.53 bits per heavy atom. The van der Waals surface area contributed by atoms with E-state index in [2.05, 4.69) is 45.8 Å². The lowest BCUT2D eigenvalue weighted by Crippen LogP contribution is -1.94. The molecule has 3 heteroatoms. The van der Waals surface area contributed by atoms with Crippen molar-refractivity contribution in [2.75, 3.05) is 4.61 Å². The molecule has 3 aromatic rings. The lowest BCUT2D eigenvalue weighted by atomic mass is 10.1. The van der Waals surface area contributed by atoms with Crippen molar-refractivity contribution in [3.63, 3.8) is 0 Å². The monoisotopic (exact) mass is 335 g/mol. The predicted molar refractivity (Wildman–Crippen MR) is 78.8 cm³/mol. The van der Waals surface area contributed by atoms with Gasteiger partial charge in [0.15, 0.2) is 0 Å². The molecule has 17 heavy (non-hydrogen) atoms. The van der Waals surface area contributed by atoms with E-state index in [1.54, 1.807) is 0 Å². The molecule has 0 radical (unpaired) electrons. The van der Waals surface area contributed by atoms with Gasteiger partial charge < -0.3 is 4.74 Å². The van der Waals surface area contributed by atoms with E-state index in [4.69, 9.17) is 4.74 Å². The fraction of sp³-hybridized carbons (Fsp3) is 0.0714. The molecule has 2 aromatic carbocycles. The molecular formula is C14H10INO. The van der Waals surface area contributed by atoms with Gasteiger partial charge in [-0.3, -0.25) is 0 Å². The fourth-order valence-electron chi connectivity index (χ4n) is 2.03. The van der Waals surface area contributed by atoms with Gasteiger partial charge in [0.25, 0.3) is 0 Å². The van der Waals surface area contributed by atoms with E-state index in [0.29, 0.717) is 10.5 Å². The highest BCUT2D eigenvalue weighted by Crippen LogP contribution is 2.30. The summed E-state index contributed by atoms with van der Waals surface area (Å²) < 4.78 is 6.21. The number of pyridine rings is 1. The van der Waals surface area contributed by atoms with Crippen LogP contribution in [0.15, 0.2) is 48.5 Å². The highest BCUT2D eigenvalue weighted by atomic mass is 127. The van der Waals surface area contributed by atoms with Crippen molar-refractivity contribution in [3.05, 3.63) is 48.5 Å². The van der Waals surface area contributed by atoms with Crippen LogP contribution in [0.25, 0.3) is 21.7 Å². The van der Waals surface area contributed by atoms with Gasteiger partial charge in [0.1, 0.15) is 4.61 Å². The molecule has 0 unspecified atom stereocenters. The zero-order valence-corrected chi connectivity index (χ0v) is 11.2. The highest BCUT2D eigenvalue weighted by Gasteiger charge is 2.07. The van der Waals surface area contributed by atoms with E-state index < -0.39 is 0 Å². The summed E-state index contributed by atoms with van der Waals surface area (Å²) in [5, 5.41) is 3.43. The Kier molecular flexibility index (Phi) is 2.84. The van der Waals surface area contributed by atoms with E-state index in [0.717, 1.165) is 10.9 Å². The third kappa shape index (κ3) is 1.84. The van der Waals surface area contributed by atoms with Gasteiger partial charge in [-0.05, 0) is 40.1 Å². The molecule has 0 N–H and O–H groups in total. The highest BCUT2D eigenvalue weighted by molar-refractivity contribution is 14.1. The average Bonchev–Trinajstić information content (AvgIpc) is 2.39. The van der Waals surface area contributed by atoms with Crippen LogP contribution >= 0.6 is 22.6 Å². The Morgan fingerprint density at radius 3 is 2.29 bits per heavy atom. The van der Waals surface area contributed by atoms with Gasteiger partial charge in [-0.15, -0.1) is 0 Å². The second kappa shape index (κ2) is 4.49. The summed E-state index contributed by atoms with van der Waals surface area (Å²) in [6.07, 6.45) is 0. The van der Waals surface area contributed by atoms with Crippen LogP contribution in [0.2, 0.25) is 0 Å². The van der Waals surface area contributed by atoms with Crippen molar-refractivity contribution < 1.29 is 4.74 Å². The van der Waals surface area contributed by atoms with Crippen LogP contribution in [0, 0.1) is 0 Å². The molecule has 2 nitrogen and oxygen atoms in total. The maximum atomic E-state index is 5.60. The Labute approximate surface area is 113 Å². The first-order valence-corrected chi connectivity index (χ1v) is 6.89. The number of fused-ring (bicyclic) bond motifs is 3.